The van der Waals surface area contributed by atoms with Crippen LogP contribution in [-0.4, -0.2) is 38.3 Å². The van der Waals surface area contributed by atoms with Gasteiger partial charge in [0.25, 0.3) is 0 Å². The van der Waals surface area contributed by atoms with Gasteiger partial charge in [-0.25, -0.2) is 0 Å². The van der Waals surface area contributed by atoms with Gasteiger partial charge in [0, 0.05) is 33.2 Å². The van der Waals surface area contributed by atoms with Gasteiger partial charge in [0.15, 0.2) is 0 Å². The molecule has 1 aliphatic carbocycles. The van der Waals surface area contributed by atoms with Gasteiger partial charge >= 0.3 is 0 Å². The van der Waals surface area contributed by atoms with E-state index in [1.54, 1.807) is 7.11 Å². The van der Waals surface area contributed by atoms with E-state index in [-0.39, 0.29) is 0 Å². The van der Waals surface area contributed by atoms with Crippen molar-refractivity contribution < 1.29 is 4.74 Å². The lowest BCUT2D eigenvalue weighted by Crippen LogP contribution is -2.35. The number of hydrogen-bond acceptors (Lipinski definition) is 3. The summed E-state index contributed by atoms with van der Waals surface area (Å²) < 4.78 is 5.06. The smallest absolute Gasteiger partial charge is 0.0635 e. The molecule has 14 heavy (non-hydrogen) atoms. The number of rotatable bonds is 7. The van der Waals surface area contributed by atoms with Gasteiger partial charge in [-0.3, -0.25) is 4.90 Å². The highest BCUT2D eigenvalue weighted by Gasteiger charge is 2.20. The monoisotopic (exact) mass is 196 g/mol. The summed E-state index contributed by atoms with van der Waals surface area (Å²) in [6.45, 7) is 3.80. The fourth-order valence-electron chi connectivity index (χ4n) is 1.76. The van der Waals surface area contributed by atoms with E-state index < -0.39 is 0 Å². The Morgan fingerprint density at radius 2 is 2.21 bits per heavy atom. The zero-order valence-corrected chi connectivity index (χ0v) is 9.04. The van der Waals surface area contributed by atoms with E-state index in [0.717, 1.165) is 32.2 Å². The quantitative estimate of drug-likeness (QED) is 0.621. The second kappa shape index (κ2) is 6.80. The molecule has 1 aliphatic rings. The van der Waals surface area contributed by atoms with Gasteiger partial charge in [0.05, 0.1) is 12.7 Å². The van der Waals surface area contributed by atoms with Gasteiger partial charge < -0.3 is 4.74 Å². The molecule has 0 aromatic heterocycles. The minimum atomic E-state index is 0.635. The van der Waals surface area contributed by atoms with Crippen molar-refractivity contribution in [1.29, 1.82) is 5.26 Å². The first kappa shape index (κ1) is 11.5. The van der Waals surface area contributed by atoms with E-state index in [2.05, 4.69) is 11.0 Å². The molecule has 0 spiro atoms. The van der Waals surface area contributed by atoms with Crippen molar-refractivity contribution in [1.82, 2.24) is 4.90 Å². The number of hydrogen-bond donors (Lipinski definition) is 0. The van der Waals surface area contributed by atoms with Gasteiger partial charge in [-0.15, -0.1) is 0 Å². The highest BCUT2D eigenvalue weighted by Crippen LogP contribution is 2.26. The van der Waals surface area contributed by atoms with E-state index in [0.29, 0.717) is 6.42 Å². The Bertz CT molecular complexity index is 184. The summed E-state index contributed by atoms with van der Waals surface area (Å²) in [5.41, 5.74) is 0. The summed E-state index contributed by atoms with van der Waals surface area (Å²) in [6.07, 6.45) is 4.77. The molecule has 0 atom stereocenters. The maximum absolute atomic E-state index is 8.54. The Hall–Kier alpha value is -0.590. The van der Waals surface area contributed by atoms with Crippen molar-refractivity contribution in [3.05, 3.63) is 0 Å². The van der Waals surface area contributed by atoms with Crippen molar-refractivity contribution >= 4 is 0 Å². The summed E-state index contributed by atoms with van der Waals surface area (Å²) in [5, 5.41) is 8.54. The molecule has 0 amide bonds. The summed E-state index contributed by atoms with van der Waals surface area (Å²) >= 11 is 0. The minimum Gasteiger partial charge on any atom is -0.383 e. The number of ether oxygens (including phenoxy) is 1. The van der Waals surface area contributed by atoms with E-state index in [4.69, 9.17) is 10.00 Å². The average Bonchev–Trinajstić information content (AvgIpc) is 2.14. The van der Waals surface area contributed by atoms with E-state index >= 15 is 0 Å². The standard InChI is InChI=1S/C11H20N2O/c1-14-9-8-13(7-3-6-12)10-11-4-2-5-11/h11H,2-5,7-10H2,1H3. The van der Waals surface area contributed by atoms with Gasteiger partial charge in [-0.2, -0.15) is 5.26 Å². The highest BCUT2D eigenvalue weighted by atomic mass is 16.5. The molecule has 0 aromatic rings. The third-order valence-electron chi connectivity index (χ3n) is 2.89. The summed E-state index contributed by atoms with van der Waals surface area (Å²) in [6, 6.07) is 2.20. The molecule has 1 fully saturated rings. The van der Waals surface area contributed by atoms with Crippen LogP contribution in [0.1, 0.15) is 25.7 Å². The maximum Gasteiger partial charge on any atom is 0.0635 e. The molecule has 0 heterocycles. The normalized spacial score (nSPS) is 16.6. The van der Waals surface area contributed by atoms with Crippen LogP contribution in [0.25, 0.3) is 0 Å². The van der Waals surface area contributed by atoms with Crippen molar-refractivity contribution in [2.45, 2.75) is 25.7 Å². The number of methoxy groups -OCH3 is 1. The predicted octanol–water partition coefficient (Wildman–Crippen LogP) is 1.65. The van der Waals surface area contributed by atoms with Crippen LogP contribution in [0.4, 0.5) is 0 Å². The molecule has 0 aliphatic heterocycles. The fraction of sp³-hybridized carbons (Fsp3) is 0.909. The molecular weight excluding hydrogens is 176 g/mol. The molecule has 0 unspecified atom stereocenters. The number of nitriles is 1. The third kappa shape index (κ3) is 4.08. The molecule has 1 saturated carbocycles. The molecule has 3 nitrogen and oxygen atoms in total. The third-order valence-corrected chi connectivity index (χ3v) is 2.89. The van der Waals surface area contributed by atoms with Crippen LogP contribution in [0.2, 0.25) is 0 Å². The molecular formula is C11H20N2O. The molecule has 0 saturated heterocycles. The molecule has 1 rings (SSSR count). The predicted molar refractivity (Wildman–Crippen MR) is 55.9 cm³/mol. The summed E-state index contributed by atoms with van der Waals surface area (Å²) in [7, 11) is 1.73. The van der Waals surface area contributed by atoms with Crippen LogP contribution in [-0.2, 0) is 4.74 Å². The van der Waals surface area contributed by atoms with Crippen molar-refractivity contribution in [2.24, 2.45) is 5.92 Å². The number of nitrogens with zero attached hydrogens (tertiary/aromatic N) is 2. The first-order valence-electron chi connectivity index (χ1n) is 5.45. The Morgan fingerprint density at radius 1 is 1.43 bits per heavy atom. The summed E-state index contributed by atoms with van der Waals surface area (Å²) in [5.74, 6) is 0.880. The van der Waals surface area contributed by atoms with Gasteiger partial charge in [0.1, 0.15) is 0 Å². The van der Waals surface area contributed by atoms with Crippen molar-refractivity contribution in [3.63, 3.8) is 0 Å². The van der Waals surface area contributed by atoms with Crippen molar-refractivity contribution in [2.75, 3.05) is 33.4 Å². The summed E-state index contributed by atoms with van der Waals surface area (Å²) in [4.78, 5) is 2.36. The van der Waals surface area contributed by atoms with E-state index in [9.17, 15) is 0 Å². The van der Waals surface area contributed by atoms with E-state index in [1.807, 2.05) is 0 Å². The zero-order valence-electron chi connectivity index (χ0n) is 9.04. The lowest BCUT2D eigenvalue weighted by molar-refractivity contribution is 0.122. The first-order chi connectivity index (χ1) is 6.86. The minimum absolute atomic E-state index is 0.635. The lowest BCUT2D eigenvalue weighted by Gasteiger charge is -2.31. The molecule has 0 aromatic carbocycles. The molecule has 3 heteroatoms. The Balaban J connectivity index is 2.16. The Labute approximate surface area is 86.6 Å². The zero-order chi connectivity index (χ0) is 10.2. The fourth-order valence-corrected chi connectivity index (χ4v) is 1.76. The molecule has 80 valence electrons. The van der Waals surface area contributed by atoms with Gasteiger partial charge in [-0.05, 0) is 18.8 Å². The second-order valence-electron chi connectivity index (χ2n) is 4.00. The van der Waals surface area contributed by atoms with Crippen LogP contribution in [0.5, 0.6) is 0 Å². The largest absolute Gasteiger partial charge is 0.383 e. The lowest BCUT2D eigenvalue weighted by atomic mass is 9.85. The van der Waals surface area contributed by atoms with Gasteiger partial charge in [0.2, 0.25) is 0 Å². The molecule has 0 N–H and O–H groups in total. The second-order valence-corrected chi connectivity index (χ2v) is 4.00. The average molecular weight is 196 g/mol. The van der Waals surface area contributed by atoms with Crippen LogP contribution in [0, 0.1) is 17.2 Å². The van der Waals surface area contributed by atoms with E-state index in [1.165, 1.54) is 19.3 Å². The van der Waals surface area contributed by atoms with Crippen molar-refractivity contribution in [3.8, 4) is 6.07 Å². The van der Waals surface area contributed by atoms with Crippen LogP contribution in [0.15, 0.2) is 0 Å². The molecule has 0 bridgehead atoms. The Morgan fingerprint density at radius 3 is 2.71 bits per heavy atom. The Kier molecular flexibility index (Phi) is 5.58. The topological polar surface area (TPSA) is 36.3 Å². The van der Waals surface area contributed by atoms with Crippen LogP contribution in [0.3, 0.4) is 0 Å². The van der Waals surface area contributed by atoms with Gasteiger partial charge in [-0.1, -0.05) is 6.42 Å². The highest BCUT2D eigenvalue weighted by molar-refractivity contribution is 4.77. The first-order valence-corrected chi connectivity index (χ1v) is 5.45. The van der Waals surface area contributed by atoms with Crippen LogP contribution >= 0.6 is 0 Å². The SMILES string of the molecule is COCCN(CCC#N)CC1CCC1. The maximum atomic E-state index is 8.54. The van der Waals surface area contributed by atoms with Crippen LogP contribution < -0.4 is 0 Å². The molecule has 0 radical (unpaired) electrons.